The molecule has 120 valence electrons. The molecular formula is C17H16ClNO4. The van der Waals surface area contributed by atoms with E-state index in [1.807, 2.05) is 0 Å². The number of benzene rings is 2. The van der Waals surface area contributed by atoms with Crippen molar-refractivity contribution in [1.29, 1.82) is 0 Å². The maximum absolute atomic E-state index is 8.49. The van der Waals surface area contributed by atoms with E-state index in [4.69, 9.17) is 18.6 Å². The Labute approximate surface area is 136 Å². The molecule has 0 atom stereocenters. The first-order valence-electron chi connectivity index (χ1n) is 6.84. The highest BCUT2D eigenvalue weighted by Crippen LogP contribution is 2.15. The summed E-state index contributed by atoms with van der Waals surface area (Å²) in [7, 11) is -4.94. The van der Waals surface area contributed by atoms with E-state index in [9.17, 15) is 0 Å². The molecule has 2 aromatic carbocycles. The summed E-state index contributed by atoms with van der Waals surface area (Å²) in [4.78, 5) is 0. The molecule has 0 amide bonds. The standard InChI is InChI=1S/C17H16N.ClHO4/c1-13-7-9-15(10-8-13)18-12-11-14(2)16-5-3-4-6-17(16)18;2-1(3,4)5/h3-12H,1-2H3;(H,2,3,4,5)/q+1;/p-1. The number of hydrogen-bond acceptors (Lipinski definition) is 4. The fourth-order valence-corrected chi connectivity index (χ4v) is 2.30. The molecule has 3 aromatic rings. The first-order valence-corrected chi connectivity index (χ1v) is 8.08. The lowest BCUT2D eigenvalue weighted by atomic mass is 10.1. The van der Waals surface area contributed by atoms with Crippen LogP contribution < -0.4 is 23.2 Å². The van der Waals surface area contributed by atoms with Gasteiger partial charge < -0.3 is 0 Å². The molecule has 0 bridgehead atoms. The van der Waals surface area contributed by atoms with E-state index in [1.54, 1.807) is 0 Å². The van der Waals surface area contributed by atoms with Crippen LogP contribution in [-0.4, -0.2) is 0 Å². The molecular weight excluding hydrogens is 318 g/mol. The number of aryl methyl sites for hydroxylation is 2. The van der Waals surface area contributed by atoms with E-state index in [0.29, 0.717) is 0 Å². The van der Waals surface area contributed by atoms with Crippen molar-refractivity contribution < 1.29 is 33.4 Å². The molecule has 0 aliphatic heterocycles. The van der Waals surface area contributed by atoms with Gasteiger partial charge in [-0.15, -0.1) is 10.2 Å². The van der Waals surface area contributed by atoms with Gasteiger partial charge in [-0.2, -0.15) is 4.57 Å². The minimum absolute atomic E-state index is 1.21. The van der Waals surface area contributed by atoms with Crippen molar-refractivity contribution in [2.45, 2.75) is 13.8 Å². The highest BCUT2D eigenvalue weighted by Gasteiger charge is 2.12. The lowest BCUT2D eigenvalue weighted by Crippen LogP contribution is -2.68. The molecule has 23 heavy (non-hydrogen) atoms. The summed E-state index contributed by atoms with van der Waals surface area (Å²) in [5.41, 5.74) is 5.06. The first-order chi connectivity index (χ1) is 10.8. The Bertz CT molecular complexity index is 792. The van der Waals surface area contributed by atoms with Crippen LogP contribution in [0.5, 0.6) is 0 Å². The Morgan fingerprint density at radius 1 is 0.783 bits per heavy atom. The van der Waals surface area contributed by atoms with Crippen LogP contribution in [0.2, 0.25) is 0 Å². The third-order valence-electron chi connectivity index (χ3n) is 3.37. The summed E-state index contributed by atoms with van der Waals surface area (Å²) in [6.45, 7) is 4.27. The van der Waals surface area contributed by atoms with Crippen molar-refractivity contribution in [1.82, 2.24) is 0 Å². The van der Waals surface area contributed by atoms with Gasteiger partial charge in [0.05, 0.1) is 0 Å². The van der Waals surface area contributed by atoms with Crippen molar-refractivity contribution >= 4 is 10.9 Å². The molecule has 1 aromatic heterocycles. The molecule has 0 aliphatic carbocycles. The predicted molar refractivity (Wildman–Crippen MR) is 75.0 cm³/mol. The maximum Gasteiger partial charge on any atom is 0.218 e. The molecule has 5 nitrogen and oxygen atoms in total. The van der Waals surface area contributed by atoms with Gasteiger partial charge in [0.2, 0.25) is 11.2 Å². The van der Waals surface area contributed by atoms with Crippen LogP contribution in [0, 0.1) is 24.1 Å². The number of para-hydroxylation sites is 1. The molecule has 0 saturated heterocycles. The van der Waals surface area contributed by atoms with Crippen LogP contribution in [0.25, 0.3) is 16.6 Å². The van der Waals surface area contributed by atoms with Crippen molar-refractivity contribution in [2.24, 2.45) is 0 Å². The Morgan fingerprint density at radius 3 is 1.96 bits per heavy atom. The molecule has 0 aliphatic rings. The molecule has 1 heterocycles. The topological polar surface area (TPSA) is 96.1 Å². The van der Waals surface area contributed by atoms with Crippen LogP contribution in [0.1, 0.15) is 11.1 Å². The van der Waals surface area contributed by atoms with E-state index in [-0.39, 0.29) is 0 Å². The minimum atomic E-state index is -4.94. The largest absolute Gasteiger partial charge is 0.222 e. The number of hydrogen-bond donors (Lipinski definition) is 0. The SMILES string of the molecule is Cc1ccc(-[n+]2ccc(C)c3ccccc32)cc1.[O-][Cl+3]([O-])([O-])[O-]. The average molecular weight is 334 g/mol. The summed E-state index contributed by atoms with van der Waals surface area (Å²) in [6, 6.07) is 19.3. The van der Waals surface area contributed by atoms with Gasteiger partial charge in [-0.3, -0.25) is 0 Å². The van der Waals surface area contributed by atoms with Crippen LogP contribution in [0.3, 0.4) is 0 Å². The second-order valence-electron chi connectivity index (χ2n) is 5.10. The van der Waals surface area contributed by atoms with Gasteiger partial charge in [0, 0.05) is 29.7 Å². The normalized spacial score (nSPS) is 11.0. The van der Waals surface area contributed by atoms with Gasteiger partial charge in [-0.05, 0) is 25.5 Å². The van der Waals surface area contributed by atoms with Gasteiger partial charge in [-0.25, -0.2) is 18.6 Å². The minimum Gasteiger partial charge on any atom is -0.222 e. The molecule has 3 rings (SSSR count). The third kappa shape index (κ3) is 4.99. The fourth-order valence-electron chi connectivity index (χ4n) is 2.30. The lowest BCUT2D eigenvalue weighted by Gasteiger charge is -2.17. The summed E-state index contributed by atoms with van der Waals surface area (Å²) in [5, 5.41) is 1.31. The molecule has 0 fully saturated rings. The molecule has 6 heteroatoms. The van der Waals surface area contributed by atoms with Crippen LogP contribution >= 0.6 is 0 Å². The van der Waals surface area contributed by atoms with E-state index in [2.05, 4.69) is 79.2 Å². The highest BCUT2D eigenvalue weighted by atomic mass is 35.7. The van der Waals surface area contributed by atoms with Crippen molar-refractivity contribution in [3.8, 4) is 5.69 Å². The van der Waals surface area contributed by atoms with Crippen LogP contribution in [0.15, 0.2) is 60.8 Å². The van der Waals surface area contributed by atoms with Crippen molar-refractivity contribution in [3.63, 3.8) is 0 Å². The van der Waals surface area contributed by atoms with Gasteiger partial charge in [0.25, 0.3) is 0 Å². The van der Waals surface area contributed by atoms with Crippen LogP contribution in [-0.2, 0) is 0 Å². The van der Waals surface area contributed by atoms with Crippen LogP contribution in [0.4, 0.5) is 0 Å². The van der Waals surface area contributed by atoms with E-state index in [1.165, 1.54) is 27.7 Å². The zero-order valence-corrected chi connectivity index (χ0v) is 13.5. The highest BCUT2D eigenvalue weighted by molar-refractivity contribution is 5.79. The maximum atomic E-state index is 8.49. The zero-order valence-electron chi connectivity index (χ0n) is 12.7. The Morgan fingerprint density at radius 2 is 1.35 bits per heavy atom. The fraction of sp³-hybridized carbons (Fsp3) is 0.118. The molecule has 0 unspecified atom stereocenters. The number of pyridine rings is 1. The lowest BCUT2D eigenvalue weighted by molar-refractivity contribution is -2.00. The third-order valence-corrected chi connectivity index (χ3v) is 3.37. The zero-order chi connectivity index (χ0) is 17.0. The molecule has 0 N–H and O–H groups in total. The number of aromatic nitrogens is 1. The quantitative estimate of drug-likeness (QED) is 0.532. The van der Waals surface area contributed by atoms with Gasteiger partial charge in [0.1, 0.15) is 0 Å². The first kappa shape index (κ1) is 17.3. The van der Waals surface area contributed by atoms with E-state index < -0.39 is 10.2 Å². The predicted octanol–water partition coefficient (Wildman–Crippen LogP) is -1.02. The number of halogens is 1. The monoisotopic (exact) mass is 333 g/mol. The molecule has 0 radical (unpaired) electrons. The molecule has 0 spiro atoms. The summed E-state index contributed by atoms with van der Waals surface area (Å²) in [6.07, 6.45) is 2.14. The summed E-state index contributed by atoms with van der Waals surface area (Å²) < 4.78 is 36.2. The van der Waals surface area contributed by atoms with Gasteiger partial charge in [-0.1, -0.05) is 29.8 Å². The summed E-state index contributed by atoms with van der Waals surface area (Å²) >= 11 is 0. The van der Waals surface area contributed by atoms with E-state index in [0.717, 1.165) is 0 Å². The summed E-state index contributed by atoms with van der Waals surface area (Å²) in [5.74, 6) is 0. The second kappa shape index (κ2) is 7.04. The van der Waals surface area contributed by atoms with Crippen molar-refractivity contribution in [2.75, 3.05) is 0 Å². The molecule has 0 saturated carbocycles. The second-order valence-corrected chi connectivity index (χ2v) is 5.86. The Balaban J connectivity index is 0.000000338. The number of rotatable bonds is 1. The van der Waals surface area contributed by atoms with E-state index >= 15 is 0 Å². The number of fused-ring (bicyclic) bond motifs is 1. The Hall–Kier alpha value is -2.02. The Kier molecular flexibility index (Phi) is 5.30. The number of nitrogens with zero attached hydrogens (tertiary/aromatic N) is 1. The average Bonchev–Trinajstić information content (AvgIpc) is 2.48. The van der Waals surface area contributed by atoms with Gasteiger partial charge >= 0.3 is 0 Å². The smallest absolute Gasteiger partial charge is 0.218 e. The van der Waals surface area contributed by atoms with Crippen molar-refractivity contribution in [3.05, 3.63) is 71.9 Å². The van der Waals surface area contributed by atoms with Gasteiger partial charge in [0.15, 0.2) is 6.20 Å².